The maximum Gasteiger partial charge on any atom is 0.305 e. The normalized spacial score (nSPS) is 10.5. The van der Waals surface area contributed by atoms with Gasteiger partial charge < -0.3 is 5.43 Å². The van der Waals surface area contributed by atoms with Crippen molar-refractivity contribution in [2.75, 3.05) is 5.43 Å². The lowest BCUT2D eigenvalue weighted by atomic mass is 10.1. The molecule has 0 aliphatic rings. The highest BCUT2D eigenvalue weighted by Crippen LogP contribution is 2.30. The number of anilines is 1. The average Bonchev–Trinajstić information content (AvgIpc) is 2.42. The van der Waals surface area contributed by atoms with Gasteiger partial charge >= 0.3 is 5.69 Å². The van der Waals surface area contributed by atoms with Crippen LogP contribution in [0.25, 0.3) is 11.4 Å². The Morgan fingerprint density at radius 1 is 1.24 bits per heavy atom. The lowest BCUT2D eigenvalue weighted by Crippen LogP contribution is -2.13. The summed E-state index contributed by atoms with van der Waals surface area (Å²) in [7, 11) is 0. The Morgan fingerprint density at radius 2 is 1.90 bits per heavy atom. The summed E-state index contributed by atoms with van der Waals surface area (Å²) in [5, 5.41) is 10.7. The Morgan fingerprint density at radius 3 is 2.48 bits per heavy atom. The van der Waals surface area contributed by atoms with Gasteiger partial charge in [0.1, 0.15) is 5.82 Å². The number of nitrogen functional groups attached to an aromatic ring is 1. The number of aromatic nitrogens is 2. The van der Waals surface area contributed by atoms with Gasteiger partial charge in [-0.05, 0) is 13.0 Å². The Balaban J connectivity index is 2.75. The second kappa shape index (κ2) is 5.32. The van der Waals surface area contributed by atoms with Crippen LogP contribution in [0.5, 0.6) is 0 Å². The molecular weight excluding hydrogens is 291 g/mol. The zero-order valence-electron chi connectivity index (χ0n) is 10.5. The van der Waals surface area contributed by atoms with E-state index in [-0.39, 0.29) is 5.69 Å². The summed E-state index contributed by atoms with van der Waals surface area (Å²) in [6.07, 6.45) is 0. The number of rotatable bonds is 3. The number of hydrogen-bond acceptors (Lipinski definition) is 6. The molecule has 1 aromatic heterocycles. The van der Waals surface area contributed by atoms with Gasteiger partial charge in [0.15, 0.2) is 17.5 Å². The number of nitrogens with one attached hydrogen (secondary N) is 1. The van der Waals surface area contributed by atoms with E-state index in [0.717, 1.165) is 0 Å². The minimum Gasteiger partial charge on any atom is -0.306 e. The minimum atomic E-state index is -1.45. The highest BCUT2D eigenvalue weighted by molar-refractivity contribution is 5.63. The van der Waals surface area contributed by atoms with E-state index in [1.807, 2.05) is 5.43 Å². The quantitative estimate of drug-likeness (QED) is 0.510. The fraction of sp³-hybridized carbons (Fsp3) is 0.0909. The van der Waals surface area contributed by atoms with Crippen LogP contribution in [0.3, 0.4) is 0 Å². The molecule has 1 heterocycles. The Bertz CT molecular complexity index is 738. The van der Waals surface area contributed by atoms with Crippen LogP contribution < -0.4 is 11.3 Å². The summed E-state index contributed by atoms with van der Waals surface area (Å²) in [5.41, 5.74) is -0.0812. The first-order chi connectivity index (χ1) is 9.86. The summed E-state index contributed by atoms with van der Waals surface area (Å²) < 4.78 is 41.3. The standard InChI is InChI=1S/C11H8F3N5O2/c1-4-8(13)11(18-15)17-10(16-4)7-5(12)2-3-6(9(7)14)19(20)21/h2-3H,15H2,1H3,(H,16,17,18). The van der Waals surface area contributed by atoms with Gasteiger partial charge in [0.2, 0.25) is 5.82 Å². The lowest BCUT2D eigenvalue weighted by Gasteiger charge is -2.08. The highest BCUT2D eigenvalue weighted by Gasteiger charge is 2.25. The van der Waals surface area contributed by atoms with E-state index in [4.69, 9.17) is 5.84 Å². The van der Waals surface area contributed by atoms with Crippen LogP contribution in [0, 0.1) is 34.5 Å². The van der Waals surface area contributed by atoms with E-state index in [9.17, 15) is 23.3 Å². The molecule has 0 aliphatic heterocycles. The van der Waals surface area contributed by atoms with Crippen molar-refractivity contribution in [3.8, 4) is 11.4 Å². The van der Waals surface area contributed by atoms with Gasteiger partial charge in [0.05, 0.1) is 16.2 Å². The van der Waals surface area contributed by atoms with Gasteiger partial charge in [-0.15, -0.1) is 0 Å². The topological polar surface area (TPSA) is 107 Å². The van der Waals surface area contributed by atoms with Gasteiger partial charge in [-0.3, -0.25) is 10.1 Å². The van der Waals surface area contributed by atoms with E-state index >= 15 is 0 Å². The molecule has 3 N–H and O–H groups in total. The number of nitro groups is 1. The first-order valence-electron chi connectivity index (χ1n) is 5.50. The molecule has 2 aromatic rings. The Hall–Kier alpha value is -2.75. The molecule has 0 spiro atoms. The summed E-state index contributed by atoms with van der Waals surface area (Å²) in [6, 6.07) is 1.38. The van der Waals surface area contributed by atoms with Gasteiger partial charge in [-0.2, -0.15) is 4.39 Å². The first kappa shape index (κ1) is 14.7. The van der Waals surface area contributed by atoms with Crippen LogP contribution >= 0.6 is 0 Å². The average molecular weight is 299 g/mol. The fourth-order valence-corrected chi connectivity index (χ4v) is 1.65. The zero-order valence-corrected chi connectivity index (χ0v) is 10.5. The van der Waals surface area contributed by atoms with Crippen LogP contribution in [0.1, 0.15) is 5.69 Å². The van der Waals surface area contributed by atoms with Crippen molar-refractivity contribution < 1.29 is 18.1 Å². The predicted molar refractivity (Wildman–Crippen MR) is 66.5 cm³/mol. The molecule has 110 valence electrons. The fourth-order valence-electron chi connectivity index (χ4n) is 1.65. The predicted octanol–water partition coefficient (Wildman–Crippen LogP) is 2.06. The molecular formula is C11H8F3N5O2. The van der Waals surface area contributed by atoms with E-state index in [2.05, 4.69) is 9.97 Å². The number of nitrogens with two attached hydrogens (primary N) is 1. The number of aryl methyl sites for hydroxylation is 1. The molecule has 0 saturated carbocycles. The third kappa shape index (κ3) is 2.48. The second-order valence-electron chi connectivity index (χ2n) is 3.95. The van der Waals surface area contributed by atoms with Crippen LogP contribution in [-0.2, 0) is 0 Å². The van der Waals surface area contributed by atoms with Gasteiger partial charge in [-0.1, -0.05) is 0 Å². The van der Waals surface area contributed by atoms with Crippen molar-refractivity contribution in [1.82, 2.24) is 9.97 Å². The molecule has 0 saturated heterocycles. The molecule has 21 heavy (non-hydrogen) atoms. The maximum absolute atomic E-state index is 14.0. The third-order valence-electron chi connectivity index (χ3n) is 2.64. The molecule has 0 fully saturated rings. The number of halogens is 3. The van der Waals surface area contributed by atoms with Crippen LogP contribution in [0.4, 0.5) is 24.7 Å². The molecule has 10 heteroatoms. The zero-order chi connectivity index (χ0) is 15.7. The summed E-state index contributed by atoms with van der Waals surface area (Å²) in [5.74, 6) is 0.542. The molecule has 0 bridgehead atoms. The SMILES string of the molecule is Cc1nc(-c2c(F)ccc([N+](=O)[O-])c2F)nc(NN)c1F. The molecule has 1 aromatic carbocycles. The van der Waals surface area contributed by atoms with Crippen molar-refractivity contribution in [2.24, 2.45) is 5.84 Å². The monoisotopic (exact) mass is 299 g/mol. The molecule has 0 radical (unpaired) electrons. The molecule has 0 aliphatic carbocycles. The van der Waals surface area contributed by atoms with Gasteiger partial charge in [0.25, 0.3) is 0 Å². The van der Waals surface area contributed by atoms with Crippen molar-refractivity contribution >= 4 is 11.5 Å². The number of nitrogens with zero attached hydrogens (tertiary/aromatic N) is 3. The molecule has 7 nitrogen and oxygen atoms in total. The largest absolute Gasteiger partial charge is 0.306 e. The first-order valence-corrected chi connectivity index (χ1v) is 5.50. The third-order valence-corrected chi connectivity index (χ3v) is 2.64. The lowest BCUT2D eigenvalue weighted by molar-refractivity contribution is -0.387. The van der Waals surface area contributed by atoms with E-state index in [1.165, 1.54) is 6.92 Å². The van der Waals surface area contributed by atoms with Crippen molar-refractivity contribution in [1.29, 1.82) is 0 Å². The van der Waals surface area contributed by atoms with E-state index in [0.29, 0.717) is 12.1 Å². The smallest absolute Gasteiger partial charge is 0.305 e. The molecule has 0 atom stereocenters. The maximum atomic E-state index is 14.0. The Kier molecular flexibility index (Phi) is 3.72. The van der Waals surface area contributed by atoms with E-state index in [1.54, 1.807) is 0 Å². The molecule has 0 unspecified atom stereocenters. The van der Waals surface area contributed by atoms with Crippen LogP contribution in [0.2, 0.25) is 0 Å². The van der Waals surface area contributed by atoms with E-state index < -0.39 is 45.3 Å². The van der Waals surface area contributed by atoms with Crippen LogP contribution in [-0.4, -0.2) is 14.9 Å². The van der Waals surface area contributed by atoms with Crippen molar-refractivity contribution in [3.05, 3.63) is 45.4 Å². The van der Waals surface area contributed by atoms with Crippen LogP contribution in [0.15, 0.2) is 12.1 Å². The highest BCUT2D eigenvalue weighted by atomic mass is 19.1. The van der Waals surface area contributed by atoms with Gasteiger partial charge in [-0.25, -0.2) is 24.6 Å². The number of hydrogen-bond donors (Lipinski definition) is 2. The van der Waals surface area contributed by atoms with Gasteiger partial charge in [0, 0.05) is 6.07 Å². The number of benzene rings is 1. The second-order valence-corrected chi connectivity index (χ2v) is 3.95. The van der Waals surface area contributed by atoms with Crippen molar-refractivity contribution in [3.63, 3.8) is 0 Å². The minimum absolute atomic E-state index is 0.224. The molecule has 2 rings (SSSR count). The Labute approximate surface area is 115 Å². The summed E-state index contributed by atoms with van der Waals surface area (Å²) in [6.45, 7) is 1.23. The number of hydrazine groups is 1. The number of nitro benzene ring substituents is 1. The summed E-state index contributed by atoms with van der Waals surface area (Å²) >= 11 is 0. The molecule has 0 amide bonds. The van der Waals surface area contributed by atoms with Crippen molar-refractivity contribution in [2.45, 2.75) is 6.92 Å². The summed E-state index contributed by atoms with van der Waals surface area (Å²) in [4.78, 5) is 16.8.